The summed E-state index contributed by atoms with van der Waals surface area (Å²) in [4.78, 5) is 23.2. The lowest BCUT2D eigenvalue weighted by atomic mass is 10.0. The molecule has 5 rings (SSSR count). The number of fused-ring (bicyclic) bond motifs is 1. The minimum absolute atomic E-state index is 0.0617. The van der Waals surface area contributed by atoms with Crippen molar-refractivity contribution in [1.29, 1.82) is 0 Å². The minimum atomic E-state index is 0.0617. The van der Waals surface area contributed by atoms with Crippen LogP contribution in [0.15, 0.2) is 54.9 Å². The van der Waals surface area contributed by atoms with E-state index in [-0.39, 0.29) is 11.9 Å². The fraction of sp³-hybridized carbons (Fsp3) is 0.227. The molecular formula is C22H21N5O. The van der Waals surface area contributed by atoms with Crippen LogP contribution in [0.2, 0.25) is 0 Å². The maximum Gasteiger partial charge on any atom is 0.256 e. The number of H-pyrrole nitrogens is 2. The molecule has 0 unspecified atom stereocenters. The number of rotatable bonds is 3. The highest BCUT2D eigenvalue weighted by atomic mass is 16.2. The van der Waals surface area contributed by atoms with Gasteiger partial charge in [0.2, 0.25) is 0 Å². The van der Waals surface area contributed by atoms with Crippen molar-refractivity contribution in [2.75, 3.05) is 6.54 Å². The molecule has 1 aromatic carbocycles. The molecule has 0 bridgehead atoms. The number of nitrogens with zero attached hydrogens (tertiary/aromatic N) is 3. The summed E-state index contributed by atoms with van der Waals surface area (Å²) in [6.07, 6.45) is 5.58. The van der Waals surface area contributed by atoms with E-state index in [1.165, 1.54) is 5.56 Å². The Morgan fingerprint density at radius 1 is 1.18 bits per heavy atom. The van der Waals surface area contributed by atoms with Crippen molar-refractivity contribution in [3.05, 3.63) is 71.7 Å². The summed E-state index contributed by atoms with van der Waals surface area (Å²) in [6, 6.07) is 14.3. The van der Waals surface area contributed by atoms with Crippen LogP contribution < -0.4 is 0 Å². The number of carbonyl (C=O) groups is 1. The highest BCUT2D eigenvalue weighted by Gasteiger charge is 2.31. The lowest BCUT2D eigenvalue weighted by Gasteiger charge is -2.25. The zero-order chi connectivity index (χ0) is 19.1. The number of amides is 1. The van der Waals surface area contributed by atoms with Gasteiger partial charge < -0.3 is 9.88 Å². The molecule has 1 aliphatic rings. The van der Waals surface area contributed by atoms with Crippen molar-refractivity contribution >= 4 is 16.9 Å². The van der Waals surface area contributed by atoms with Gasteiger partial charge in [-0.1, -0.05) is 30.3 Å². The van der Waals surface area contributed by atoms with Crippen molar-refractivity contribution in [3.8, 4) is 11.3 Å². The number of benzene rings is 1. The highest BCUT2D eigenvalue weighted by Crippen LogP contribution is 2.34. The quantitative estimate of drug-likeness (QED) is 0.565. The number of hydrogen-bond donors (Lipinski definition) is 2. The summed E-state index contributed by atoms with van der Waals surface area (Å²) in [5.41, 5.74) is 5.37. The van der Waals surface area contributed by atoms with Crippen molar-refractivity contribution in [3.63, 3.8) is 0 Å². The second kappa shape index (κ2) is 6.64. The molecule has 6 heteroatoms. The molecule has 0 aliphatic carbocycles. The van der Waals surface area contributed by atoms with Crippen LogP contribution in [0.4, 0.5) is 0 Å². The van der Waals surface area contributed by atoms with Crippen LogP contribution in [0.3, 0.4) is 0 Å². The van der Waals surface area contributed by atoms with Gasteiger partial charge in [-0.15, -0.1) is 0 Å². The average Bonchev–Trinajstić information content (AvgIpc) is 3.47. The molecule has 6 nitrogen and oxygen atoms in total. The van der Waals surface area contributed by atoms with Gasteiger partial charge >= 0.3 is 0 Å². The first-order valence-electron chi connectivity index (χ1n) is 9.57. The van der Waals surface area contributed by atoms with Gasteiger partial charge in [-0.2, -0.15) is 5.10 Å². The summed E-state index contributed by atoms with van der Waals surface area (Å²) in [5, 5.41) is 7.86. The van der Waals surface area contributed by atoms with E-state index < -0.39 is 0 Å². The lowest BCUT2D eigenvalue weighted by molar-refractivity contribution is 0.0737. The molecule has 1 fully saturated rings. The van der Waals surface area contributed by atoms with E-state index in [4.69, 9.17) is 4.98 Å². The number of pyridine rings is 1. The lowest BCUT2D eigenvalue weighted by Crippen LogP contribution is -2.30. The molecule has 3 aromatic heterocycles. The Kier molecular flexibility index (Phi) is 3.97. The zero-order valence-corrected chi connectivity index (χ0v) is 15.6. The van der Waals surface area contributed by atoms with Crippen LogP contribution in [-0.4, -0.2) is 37.5 Å². The average molecular weight is 371 g/mol. The Bertz CT molecular complexity index is 1140. The normalized spacial score (nSPS) is 16.8. The standard InChI is InChI=1S/C22H21N5O/c1-14-17(13-24-26-14)19-10-9-16-18(12-23-21(16)25-19)22(28)27-11-5-8-20(27)15-6-3-2-4-7-15/h2-4,6-7,9-10,12-13,20H,5,8,11H2,1H3,(H,23,25)(H,24,26)/t20-/m1/s1. The molecule has 28 heavy (non-hydrogen) atoms. The molecule has 1 atom stereocenters. The number of aromatic nitrogens is 4. The SMILES string of the molecule is Cc1[nH]ncc1-c1ccc2c(C(=O)N3CCC[C@@H]3c3ccccc3)c[nH]c2n1. The number of likely N-dealkylation sites (tertiary alicyclic amines) is 1. The van der Waals surface area contributed by atoms with Gasteiger partial charge in [0.1, 0.15) is 5.65 Å². The Labute approximate surface area is 162 Å². The van der Waals surface area contributed by atoms with Gasteiger partial charge in [0, 0.05) is 29.4 Å². The molecule has 2 N–H and O–H groups in total. The zero-order valence-electron chi connectivity index (χ0n) is 15.6. The topological polar surface area (TPSA) is 77.7 Å². The highest BCUT2D eigenvalue weighted by molar-refractivity contribution is 6.06. The Morgan fingerprint density at radius 2 is 2.04 bits per heavy atom. The van der Waals surface area contributed by atoms with Crippen molar-refractivity contribution in [1.82, 2.24) is 25.1 Å². The number of aromatic amines is 2. The fourth-order valence-electron chi connectivity index (χ4n) is 4.13. The molecule has 0 radical (unpaired) electrons. The third kappa shape index (κ3) is 2.69. The molecule has 1 amide bonds. The van der Waals surface area contributed by atoms with Crippen LogP contribution in [0.5, 0.6) is 0 Å². The van der Waals surface area contributed by atoms with E-state index >= 15 is 0 Å². The van der Waals surface area contributed by atoms with Gasteiger partial charge in [-0.25, -0.2) is 4.98 Å². The Morgan fingerprint density at radius 3 is 2.82 bits per heavy atom. The van der Waals surface area contributed by atoms with Crippen LogP contribution in [0.25, 0.3) is 22.3 Å². The summed E-state index contributed by atoms with van der Waals surface area (Å²) >= 11 is 0. The maximum atomic E-state index is 13.3. The van der Waals surface area contributed by atoms with Gasteiger partial charge in [0.05, 0.1) is 23.5 Å². The van der Waals surface area contributed by atoms with Gasteiger partial charge in [0.25, 0.3) is 5.91 Å². The molecule has 1 aliphatic heterocycles. The molecule has 0 saturated carbocycles. The smallest absolute Gasteiger partial charge is 0.256 e. The Balaban J connectivity index is 1.49. The molecule has 1 saturated heterocycles. The van der Waals surface area contributed by atoms with Crippen molar-refractivity contribution in [2.24, 2.45) is 0 Å². The molecule has 4 heterocycles. The van der Waals surface area contributed by atoms with Crippen molar-refractivity contribution in [2.45, 2.75) is 25.8 Å². The van der Waals surface area contributed by atoms with Crippen LogP contribution in [0.1, 0.15) is 40.5 Å². The third-order valence-electron chi connectivity index (χ3n) is 5.57. The van der Waals surface area contributed by atoms with E-state index in [1.807, 2.05) is 42.2 Å². The second-order valence-electron chi connectivity index (χ2n) is 7.27. The van der Waals surface area contributed by atoms with Gasteiger partial charge in [-0.05, 0) is 37.5 Å². The third-order valence-corrected chi connectivity index (χ3v) is 5.57. The number of hydrogen-bond acceptors (Lipinski definition) is 3. The van der Waals surface area contributed by atoms with E-state index in [0.717, 1.165) is 47.4 Å². The van der Waals surface area contributed by atoms with Crippen LogP contribution in [0, 0.1) is 6.92 Å². The van der Waals surface area contributed by atoms with Gasteiger partial charge in [-0.3, -0.25) is 9.89 Å². The molecule has 140 valence electrons. The first kappa shape index (κ1) is 16.7. The molecule has 0 spiro atoms. The number of carbonyl (C=O) groups excluding carboxylic acids is 1. The largest absolute Gasteiger partial charge is 0.345 e. The predicted octanol–water partition coefficient (Wildman–Crippen LogP) is 4.24. The van der Waals surface area contributed by atoms with E-state index in [0.29, 0.717) is 5.56 Å². The summed E-state index contributed by atoms with van der Waals surface area (Å²) in [6.45, 7) is 2.75. The monoisotopic (exact) mass is 371 g/mol. The number of aryl methyl sites for hydroxylation is 1. The summed E-state index contributed by atoms with van der Waals surface area (Å²) < 4.78 is 0. The first-order valence-corrected chi connectivity index (χ1v) is 9.57. The van der Waals surface area contributed by atoms with Crippen molar-refractivity contribution < 1.29 is 4.79 Å². The molecular weight excluding hydrogens is 350 g/mol. The predicted molar refractivity (Wildman–Crippen MR) is 108 cm³/mol. The van der Waals surface area contributed by atoms with E-state index in [9.17, 15) is 4.79 Å². The first-order chi connectivity index (χ1) is 13.7. The minimum Gasteiger partial charge on any atom is -0.345 e. The Hall–Kier alpha value is -3.41. The van der Waals surface area contributed by atoms with Gasteiger partial charge in [0.15, 0.2) is 0 Å². The van der Waals surface area contributed by atoms with E-state index in [1.54, 1.807) is 12.4 Å². The molecule has 4 aromatic rings. The summed E-state index contributed by atoms with van der Waals surface area (Å²) in [5.74, 6) is 0.0617. The second-order valence-corrected chi connectivity index (χ2v) is 7.27. The number of nitrogens with one attached hydrogen (secondary N) is 2. The van der Waals surface area contributed by atoms with Crippen LogP contribution in [-0.2, 0) is 0 Å². The summed E-state index contributed by atoms with van der Waals surface area (Å²) in [7, 11) is 0. The van der Waals surface area contributed by atoms with E-state index in [2.05, 4.69) is 27.3 Å². The fourth-order valence-corrected chi connectivity index (χ4v) is 4.13. The maximum absolute atomic E-state index is 13.3. The van der Waals surface area contributed by atoms with Crippen LogP contribution >= 0.6 is 0 Å².